The second-order valence-corrected chi connectivity index (χ2v) is 4.31. The van der Waals surface area contributed by atoms with Crippen LogP contribution in [0.5, 0.6) is 0 Å². The van der Waals surface area contributed by atoms with Crippen LogP contribution in [0.25, 0.3) is 11.0 Å². The number of rotatable bonds is 3. The Hall–Kier alpha value is -1.62. The van der Waals surface area contributed by atoms with Crippen molar-refractivity contribution in [1.29, 1.82) is 0 Å². The second kappa shape index (κ2) is 6.22. The van der Waals surface area contributed by atoms with E-state index in [4.69, 9.17) is 4.42 Å². The smallest absolute Gasteiger partial charge is 0.542 e. The maximum atomic E-state index is 10.7. The quantitative estimate of drug-likeness (QED) is 0.562. The van der Waals surface area contributed by atoms with Crippen LogP contribution in [-0.4, -0.2) is 11.0 Å². The third-order valence-electron chi connectivity index (χ3n) is 2.91. The van der Waals surface area contributed by atoms with Crippen molar-refractivity contribution in [3.05, 3.63) is 65.7 Å². The minimum Gasteiger partial charge on any atom is -0.542 e. The van der Waals surface area contributed by atoms with Crippen LogP contribution in [0.15, 0.2) is 53.2 Å². The van der Waals surface area contributed by atoms with Crippen LogP contribution >= 0.6 is 0 Å². The molecule has 0 saturated carbocycles. The molecule has 0 aliphatic rings. The maximum Gasteiger partial charge on any atom is 1.00 e. The molecule has 1 aromatic carbocycles. The summed E-state index contributed by atoms with van der Waals surface area (Å²) in [5.74, 6) is -1.45. The van der Waals surface area contributed by atoms with Gasteiger partial charge in [-0.1, -0.05) is 12.1 Å². The van der Waals surface area contributed by atoms with Gasteiger partial charge in [0, 0.05) is 17.8 Å². The van der Waals surface area contributed by atoms with Crippen molar-refractivity contribution in [2.75, 3.05) is 0 Å². The van der Waals surface area contributed by atoms with Gasteiger partial charge < -0.3 is 14.3 Å². The van der Waals surface area contributed by atoms with Gasteiger partial charge in [-0.15, -0.1) is 0 Å². The van der Waals surface area contributed by atoms with Gasteiger partial charge in [0.05, 0.1) is 0 Å². The number of aromatic carboxylic acids is 1. The normalized spacial score (nSPS) is 10.2. The first-order chi connectivity index (χ1) is 9.22. The summed E-state index contributed by atoms with van der Waals surface area (Å²) in [6.07, 6.45) is 4.29. The van der Waals surface area contributed by atoms with Gasteiger partial charge in [0.1, 0.15) is 11.6 Å². The second-order valence-electron chi connectivity index (χ2n) is 4.31. The fourth-order valence-electron chi connectivity index (χ4n) is 2.04. The number of nitrogens with zero attached hydrogens (tertiary/aromatic N) is 1. The number of hydrogen-bond acceptors (Lipinski definition) is 4. The van der Waals surface area contributed by atoms with E-state index in [0.29, 0.717) is 5.58 Å². The molecule has 5 heteroatoms. The Morgan fingerprint density at radius 3 is 2.75 bits per heavy atom. The molecule has 0 N–H and O–H groups in total. The molecule has 0 spiro atoms. The SMILES string of the molecule is O=C([O-])c1cc2cc(Cc3cccnc3)ccc2o1.[Na+]. The molecule has 2 aromatic heterocycles. The molecule has 3 aromatic rings. The van der Waals surface area contributed by atoms with E-state index in [1.54, 1.807) is 12.3 Å². The van der Waals surface area contributed by atoms with Crippen molar-refractivity contribution < 1.29 is 43.9 Å². The predicted molar refractivity (Wildman–Crippen MR) is 67.6 cm³/mol. The molecule has 0 atom stereocenters. The summed E-state index contributed by atoms with van der Waals surface area (Å²) in [5, 5.41) is 11.5. The molecule has 0 bridgehead atoms. The van der Waals surface area contributed by atoms with Crippen LogP contribution in [0.3, 0.4) is 0 Å². The van der Waals surface area contributed by atoms with Gasteiger partial charge in [0.15, 0.2) is 5.76 Å². The summed E-state index contributed by atoms with van der Waals surface area (Å²) in [5.41, 5.74) is 2.73. The van der Waals surface area contributed by atoms with Gasteiger partial charge in [-0.25, -0.2) is 0 Å². The molecular weight excluding hydrogens is 265 g/mol. The average Bonchev–Trinajstić information content (AvgIpc) is 2.83. The van der Waals surface area contributed by atoms with Crippen molar-refractivity contribution in [1.82, 2.24) is 4.98 Å². The van der Waals surface area contributed by atoms with E-state index in [9.17, 15) is 9.90 Å². The van der Waals surface area contributed by atoms with Gasteiger partial charge >= 0.3 is 29.6 Å². The average molecular weight is 275 g/mol. The first-order valence-corrected chi connectivity index (χ1v) is 5.85. The fourth-order valence-corrected chi connectivity index (χ4v) is 2.04. The molecule has 20 heavy (non-hydrogen) atoms. The molecule has 0 aliphatic carbocycles. The molecule has 0 unspecified atom stereocenters. The molecule has 2 heterocycles. The van der Waals surface area contributed by atoms with E-state index in [2.05, 4.69) is 4.98 Å². The number of benzene rings is 1. The number of fused-ring (bicyclic) bond motifs is 1. The fraction of sp³-hybridized carbons (Fsp3) is 0.0667. The van der Waals surface area contributed by atoms with E-state index in [0.717, 1.165) is 22.9 Å². The van der Waals surface area contributed by atoms with E-state index in [1.165, 1.54) is 6.07 Å². The minimum atomic E-state index is -1.30. The predicted octanol–water partition coefficient (Wildman–Crippen LogP) is -1.21. The number of aromatic nitrogens is 1. The van der Waals surface area contributed by atoms with E-state index >= 15 is 0 Å². The van der Waals surface area contributed by atoms with Gasteiger partial charge in [-0.3, -0.25) is 4.98 Å². The number of carbonyl (C=O) groups excluding carboxylic acids is 1. The summed E-state index contributed by atoms with van der Waals surface area (Å²) in [6.45, 7) is 0. The molecule has 0 aliphatic heterocycles. The molecule has 94 valence electrons. The van der Waals surface area contributed by atoms with Crippen LogP contribution in [0.4, 0.5) is 0 Å². The summed E-state index contributed by atoms with van der Waals surface area (Å²) < 4.78 is 5.16. The number of pyridine rings is 1. The zero-order chi connectivity index (χ0) is 13.2. The Labute approximate surface area is 137 Å². The van der Waals surface area contributed by atoms with Gasteiger partial charge in [0.25, 0.3) is 0 Å². The number of hydrogen-bond donors (Lipinski definition) is 0. The molecular formula is C15H10NNaO3. The number of carbonyl (C=O) groups is 1. The Bertz CT molecular complexity index is 737. The maximum absolute atomic E-state index is 10.7. The molecule has 0 saturated heterocycles. The Balaban J connectivity index is 0.00000147. The zero-order valence-corrected chi connectivity index (χ0v) is 13.0. The largest absolute Gasteiger partial charge is 1.00 e. The van der Waals surface area contributed by atoms with Crippen LogP contribution < -0.4 is 34.7 Å². The molecule has 3 rings (SSSR count). The molecule has 4 nitrogen and oxygen atoms in total. The Morgan fingerprint density at radius 1 is 1.20 bits per heavy atom. The topological polar surface area (TPSA) is 66.2 Å². The van der Waals surface area contributed by atoms with Crippen molar-refractivity contribution in [2.24, 2.45) is 0 Å². The van der Waals surface area contributed by atoms with Gasteiger partial charge in [-0.05, 0) is 41.8 Å². The van der Waals surface area contributed by atoms with E-state index in [1.807, 2.05) is 30.5 Å². The number of carboxylic acids is 1. The van der Waals surface area contributed by atoms with Crippen molar-refractivity contribution >= 4 is 16.9 Å². The minimum absolute atomic E-state index is 0. The first-order valence-electron chi connectivity index (χ1n) is 5.85. The van der Waals surface area contributed by atoms with Crippen molar-refractivity contribution in [3.8, 4) is 0 Å². The van der Waals surface area contributed by atoms with Crippen molar-refractivity contribution in [2.45, 2.75) is 6.42 Å². The van der Waals surface area contributed by atoms with E-state index in [-0.39, 0.29) is 35.3 Å². The summed E-state index contributed by atoms with van der Waals surface area (Å²) in [7, 11) is 0. The molecule has 0 fully saturated rings. The van der Waals surface area contributed by atoms with Crippen LogP contribution in [0.2, 0.25) is 0 Å². The standard InChI is InChI=1S/C15H11NO3.Na/c17-15(18)14-8-12-7-10(3-4-13(12)19-14)6-11-2-1-5-16-9-11;/h1-5,7-9H,6H2,(H,17,18);/q;+1/p-1. The van der Waals surface area contributed by atoms with E-state index < -0.39 is 5.97 Å². The summed E-state index contributed by atoms with van der Waals surface area (Å²) >= 11 is 0. The number of carboxylic acid groups (broad SMARTS) is 1. The zero-order valence-electron chi connectivity index (χ0n) is 11.0. The Kier molecular flexibility index (Phi) is 4.60. The summed E-state index contributed by atoms with van der Waals surface area (Å²) in [4.78, 5) is 14.8. The van der Waals surface area contributed by atoms with Gasteiger partial charge in [-0.2, -0.15) is 0 Å². The molecule has 0 amide bonds. The Morgan fingerprint density at radius 2 is 2.05 bits per heavy atom. The van der Waals surface area contributed by atoms with Crippen molar-refractivity contribution in [3.63, 3.8) is 0 Å². The van der Waals surface area contributed by atoms with Crippen LogP contribution in [0.1, 0.15) is 21.7 Å². The first kappa shape index (κ1) is 14.8. The number of furan rings is 1. The third-order valence-corrected chi connectivity index (χ3v) is 2.91. The summed E-state index contributed by atoms with van der Waals surface area (Å²) in [6, 6.07) is 11.0. The monoisotopic (exact) mass is 275 g/mol. The molecule has 0 radical (unpaired) electrons. The van der Waals surface area contributed by atoms with Gasteiger partial charge in [0.2, 0.25) is 0 Å². The van der Waals surface area contributed by atoms with Crippen LogP contribution in [0, 0.1) is 0 Å². The van der Waals surface area contributed by atoms with Crippen LogP contribution in [-0.2, 0) is 6.42 Å². The third kappa shape index (κ3) is 3.10.